The van der Waals surface area contributed by atoms with Crippen molar-refractivity contribution in [2.24, 2.45) is 0 Å². The molecule has 2 N–H and O–H groups in total. The highest BCUT2D eigenvalue weighted by molar-refractivity contribution is 5.90. The number of hydrogen-bond donors (Lipinski definition) is 2. The normalized spacial score (nSPS) is 15.2. The van der Waals surface area contributed by atoms with E-state index in [-0.39, 0.29) is 5.56 Å². The van der Waals surface area contributed by atoms with Crippen molar-refractivity contribution in [2.45, 2.75) is 25.2 Å². The average Bonchev–Trinajstić information content (AvgIpc) is 3.50. The van der Waals surface area contributed by atoms with Crippen molar-refractivity contribution >= 4 is 17.0 Å². The second-order valence-electron chi connectivity index (χ2n) is 8.51. The second-order valence-corrected chi connectivity index (χ2v) is 8.51. The van der Waals surface area contributed by atoms with Gasteiger partial charge >= 0.3 is 5.97 Å². The number of carboxylic acid groups (broad SMARTS) is 1. The number of furan rings is 1. The van der Waals surface area contributed by atoms with Crippen molar-refractivity contribution in [3.8, 4) is 5.75 Å². The lowest BCUT2D eigenvalue weighted by Crippen LogP contribution is -2.35. The van der Waals surface area contributed by atoms with E-state index in [2.05, 4.69) is 27.1 Å². The zero-order valence-corrected chi connectivity index (χ0v) is 18.4. The number of piperidine rings is 1. The molecule has 0 atom stereocenters. The Kier molecular flexibility index (Phi) is 6.13. The maximum atomic E-state index is 11.3. The molecule has 1 aliphatic rings. The maximum Gasteiger partial charge on any atom is 0.339 e. The molecule has 33 heavy (non-hydrogen) atoms. The van der Waals surface area contributed by atoms with Gasteiger partial charge in [0.05, 0.1) is 12.5 Å². The summed E-state index contributed by atoms with van der Waals surface area (Å²) in [6.45, 7) is 3.22. The average molecular weight is 446 g/mol. The van der Waals surface area contributed by atoms with Crippen molar-refractivity contribution in [3.63, 3.8) is 0 Å². The third-order valence-corrected chi connectivity index (χ3v) is 6.47. The minimum atomic E-state index is -0.966. The number of pyridine rings is 1. The number of H-pyrrole nitrogens is 1. The molecule has 170 valence electrons. The number of para-hydroxylation sites is 1. The van der Waals surface area contributed by atoms with Crippen LogP contribution in [0.25, 0.3) is 11.0 Å². The Hall–Kier alpha value is -3.58. The number of carbonyl (C=O) groups is 1. The first-order chi connectivity index (χ1) is 16.2. The Morgan fingerprint density at radius 1 is 1.21 bits per heavy atom. The van der Waals surface area contributed by atoms with Gasteiger partial charge in [0.15, 0.2) is 0 Å². The predicted octanol–water partition coefficient (Wildman–Crippen LogP) is 4.70. The molecular formula is C26H27N3O4. The summed E-state index contributed by atoms with van der Waals surface area (Å²) in [5.74, 6) is -0.0564. The number of benzene rings is 1. The van der Waals surface area contributed by atoms with E-state index >= 15 is 0 Å². The van der Waals surface area contributed by atoms with Gasteiger partial charge in [-0.15, -0.1) is 0 Å². The fourth-order valence-corrected chi connectivity index (χ4v) is 4.76. The molecule has 4 aromatic rings. The number of aromatic carboxylic acids is 1. The van der Waals surface area contributed by atoms with Gasteiger partial charge in [-0.1, -0.05) is 12.1 Å². The molecule has 0 aliphatic carbocycles. The van der Waals surface area contributed by atoms with E-state index in [0.29, 0.717) is 18.3 Å². The largest absolute Gasteiger partial charge is 0.491 e. The van der Waals surface area contributed by atoms with Gasteiger partial charge in [-0.2, -0.15) is 0 Å². The molecule has 0 saturated carbocycles. The standard InChI is InChI=1S/C26H27N3O4/c30-26(31)21-3-1-2-4-23(21)33-14-12-29-10-6-19(7-11-29)22-16-28-25-24(22)20(5-9-27-25)15-18-8-13-32-17-18/h1-5,8-9,13,16-17,19H,6-7,10-12,14-15H2,(H,27,28)(H,30,31). The van der Waals surface area contributed by atoms with E-state index in [1.165, 1.54) is 16.5 Å². The highest BCUT2D eigenvalue weighted by atomic mass is 16.5. The first-order valence-electron chi connectivity index (χ1n) is 11.3. The van der Waals surface area contributed by atoms with E-state index in [0.717, 1.165) is 50.1 Å². The lowest BCUT2D eigenvalue weighted by atomic mass is 9.88. The summed E-state index contributed by atoms with van der Waals surface area (Å²) >= 11 is 0. The van der Waals surface area contributed by atoms with Crippen molar-refractivity contribution < 1.29 is 19.1 Å². The van der Waals surface area contributed by atoms with E-state index in [9.17, 15) is 9.90 Å². The zero-order chi connectivity index (χ0) is 22.6. The fraction of sp³-hybridized carbons (Fsp3) is 0.308. The summed E-state index contributed by atoms with van der Waals surface area (Å²) in [6.07, 6.45) is 10.5. The van der Waals surface area contributed by atoms with Crippen LogP contribution in [0.4, 0.5) is 0 Å². The number of likely N-dealkylation sites (tertiary alicyclic amines) is 1. The zero-order valence-electron chi connectivity index (χ0n) is 18.4. The molecule has 1 aliphatic heterocycles. The first kappa shape index (κ1) is 21.3. The summed E-state index contributed by atoms with van der Waals surface area (Å²) < 4.78 is 11.0. The summed E-state index contributed by atoms with van der Waals surface area (Å²) in [5.41, 5.74) is 4.93. The fourth-order valence-electron chi connectivity index (χ4n) is 4.76. The molecular weight excluding hydrogens is 418 g/mol. The molecule has 7 nitrogen and oxygen atoms in total. The number of nitrogens with zero attached hydrogens (tertiary/aromatic N) is 2. The van der Waals surface area contributed by atoms with Crippen molar-refractivity contribution in [3.05, 3.63) is 83.6 Å². The van der Waals surface area contributed by atoms with Gasteiger partial charge in [-0.3, -0.25) is 4.90 Å². The van der Waals surface area contributed by atoms with Crippen LogP contribution in [-0.2, 0) is 6.42 Å². The minimum Gasteiger partial charge on any atom is -0.491 e. The lowest BCUT2D eigenvalue weighted by Gasteiger charge is -2.32. The molecule has 0 spiro atoms. The minimum absolute atomic E-state index is 0.204. The smallest absolute Gasteiger partial charge is 0.339 e. The molecule has 5 rings (SSSR count). The summed E-state index contributed by atoms with van der Waals surface area (Å²) in [5, 5.41) is 10.5. The van der Waals surface area contributed by atoms with Crippen LogP contribution in [0.5, 0.6) is 5.75 Å². The number of hydrogen-bond acceptors (Lipinski definition) is 5. The Balaban J connectivity index is 1.21. The van der Waals surface area contributed by atoms with Gasteiger partial charge in [-0.05, 0) is 72.8 Å². The number of ether oxygens (including phenoxy) is 1. The summed E-state index contributed by atoms with van der Waals surface area (Å²) in [4.78, 5) is 21.6. The molecule has 7 heteroatoms. The van der Waals surface area contributed by atoms with Crippen LogP contribution in [0, 0.1) is 0 Å². The molecule has 0 amide bonds. The van der Waals surface area contributed by atoms with Gasteiger partial charge in [-0.25, -0.2) is 9.78 Å². The number of nitrogens with one attached hydrogen (secondary N) is 1. The van der Waals surface area contributed by atoms with E-state index in [1.807, 2.05) is 12.3 Å². The van der Waals surface area contributed by atoms with Crippen LogP contribution in [0.1, 0.15) is 45.8 Å². The molecule has 1 saturated heterocycles. The van der Waals surface area contributed by atoms with Crippen LogP contribution < -0.4 is 4.74 Å². The number of carboxylic acids is 1. The maximum absolute atomic E-state index is 11.3. The Morgan fingerprint density at radius 3 is 2.85 bits per heavy atom. The van der Waals surface area contributed by atoms with Gasteiger partial charge in [0.25, 0.3) is 0 Å². The van der Waals surface area contributed by atoms with Gasteiger partial charge in [0.1, 0.15) is 23.6 Å². The van der Waals surface area contributed by atoms with Gasteiger partial charge < -0.3 is 19.2 Å². The SMILES string of the molecule is O=C(O)c1ccccc1OCCN1CCC(c2c[nH]c3nccc(Cc4ccoc4)c23)CC1. The van der Waals surface area contributed by atoms with Gasteiger partial charge in [0, 0.05) is 30.7 Å². The quantitative estimate of drug-likeness (QED) is 0.408. The molecule has 0 radical (unpaired) electrons. The Morgan fingerprint density at radius 2 is 2.06 bits per heavy atom. The highest BCUT2D eigenvalue weighted by Crippen LogP contribution is 2.35. The molecule has 0 unspecified atom stereocenters. The topological polar surface area (TPSA) is 91.6 Å². The van der Waals surface area contributed by atoms with Gasteiger partial charge in [0.2, 0.25) is 0 Å². The second kappa shape index (κ2) is 9.50. The lowest BCUT2D eigenvalue weighted by molar-refractivity contribution is 0.0691. The Labute approximate surface area is 192 Å². The van der Waals surface area contributed by atoms with E-state index in [1.54, 1.807) is 36.8 Å². The monoisotopic (exact) mass is 445 g/mol. The third-order valence-electron chi connectivity index (χ3n) is 6.47. The number of rotatable bonds is 8. The predicted molar refractivity (Wildman–Crippen MR) is 125 cm³/mol. The van der Waals surface area contributed by atoms with E-state index in [4.69, 9.17) is 9.15 Å². The Bertz CT molecular complexity index is 1220. The van der Waals surface area contributed by atoms with Crippen LogP contribution in [0.15, 0.2) is 65.7 Å². The van der Waals surface area contributed by atoms with Crippen LogP contribution in [0.2, 0.25) is 0 Å². The van der Waals surface area contributed by atoms with Crippen LogP contribution in [-0.4, -0.2) is 52.2 Å². The van der Waals surface area contributed by atoms with Crippen LogP contribution in [0.3, 0.4) is 0 Å². The van der Waals surface area contributed by atoms with E-state index < -0.39 is 5.97 Å². The number of aromatic amines is 1. The molecule has 1 aromatic carbocycles. The first-order valence-corrected chi connectivity index (χ1v) is 11.3. The number of fused-ring (bicyclic) bond motifs is 1. The third kappa shape index (κ3) is 4.64. The summed E-state index contributed by atoms with van der Waals surface area (Å²) in [7, 11) is 0. The number of aromatic nitrogens is 2. The highest BCUT2D eigenvalue weighted by Gasteiger charge is 2.24. The molecule has 0 bridgehead atoms. The van der Waals surface area contributed by atoms with Crippen molar-refractivity contribution in [1.82, 2.24) is 14.9 Å². The molecule has 3 aromatic heterocycles. The summed E-state index contributed by atoms with van der Waals surface area (Å²) in [6, 6.07) is 10.9. The van der Waals surface area contributed by atoms with Crippen LogP contribution >= 0.6 is 0 Å². The molecule has 1 fully saturated rings. The van der Waals surface area contributed by atoms with Crippen molar-refractivity contribution in [2.75, 3.05) is 26.2 Å². The molecule has 4 heterocycles. The van der Waals surface area contributed by atoms with Crippen molar-refractivity contribution in [1.29, 1.82) is 0 Å².